The van der Waals surface area contributed by atoms with Gasteiger partial charge in [-0.05, 0) is 25.0 Å². The van der Waals surface area contributed by atoms with E-state index in [1.165, 1.54) is 11.3 Å². The number of carbonyl (C=O) groups excluding carboxylic acids is 1. The standard InChI is InChI=1S/C11H16N2O3S/c12-13-11(14)10-4-3-9(17-10)7-15-6-8-2-1-5-16-8/h3-4,8H,1-2,5-7,12H2,(H,13,14). The average Bonchev–Trinajstić information content (AvgIpc) is 2.99. The molecule has 6 heteroatoms. The number of hydrogen-bond donors (Lipinski definition) is 2. The first-order valence-electron chi connectivity index (χ1n) is 5.58. The fourth-order valence-electron chi connectivity index (χ4n) is 1.72. The number of nitrogens with two attached hydrogens (primary N) is 1. The van der Waals surface area contributed by atoms with E-state index in [1.807, 2.05) is 6.07 Å². The van der Waals surface area contributed by atoms with Crippen LogP contribution >= 0.6 is 11.3 Å². The molecular formula is C11H16N2O3S. The number of nitrogens with one attached hydrogen (secondary N) is 1. The van der Waals surface area contributed by atoms with E-state index in [-0.39, 0.29) is 12.0 Å². The molecule has 1 saturated heterocycles. The first-order valence-corrected chi connectivity index (χ1v) is 6.40. The molecule has 1 unspecified atom stereocenters. The average molecular weight is 256 g/mol. The van der Waals surface area contributed by atoms with E-state index in [4.69, 9.17) is 15.3 Å². The van der Waals surface area contributed by atoms with Crippen LogP contribution in [-0.2, 0) is 16.1 Å². The number of hydrazine groups is 1. The highest BCUT2D eigenvalue weighted by Gasteiger charge is 2.15. The lowest BCUT2D eigenvalue weighted by Crippen LogP contribution is -2.29. The number of thiophene rings is 1. The SMILES string of the molecule is NNC(=O)c1ccc(COCC2CCCO2)s1. The van der Waals surface area contributed by atoms with Gasteiger partial charge in [-0.1, -0.05) is 0 Å². The van der Waals surface area contributed by atoms with Crippen molar-refractivity contribution in [2.45, 2.75) is 25.6 Å². The molecule has 0 saturated carbocycles. The highest BCUT2D eigenvalue weighted by Crippen LogP contribution is 2.18. The molecule has 1 aliphatic rings. The number of amides is 1. The quantitative estimate of drug-likeness (QED) is 0.469. The van der Waals surface area contributed by atoms with Crippen LogP contribution < -0.4 is 11.3 Å². The summed E-state index contributed by atoms with van der Waals surface area (Å²) in [4.78, 5) is 12.8. The number of hydrogen-bond acceptors (Lipinski definition) is 5. The highest BCUT2D eigenvalue weighted by atomic mass is 32.1. The molecule has 1 amide bonds. The van der Waals surface area contributed by atoms with Gasteiger partial charge in [-0.2, -0.15) is 0 Å². The van der Waals surface area contributed by atoms with Gasteiger partial charge < -0.3 is 9.47 Å². The number of rotatable bonds is 5. The Morgan fingerprint density at radius 3 is 3.24 bits per heavy atom. The fraction of sp³-hybridized carbons (Fsp3) is 0.545. The monoisotopic (exact) mass is 256 g/mol. The van der Waals surface area contributed by atoms with Crippen LogP contribution in [0.15, 0.2) is 12.1 Å². The van der Waals surface area contributed by atoms with Crippen molar-refractivity contribution in [1.29, 1.82) is 0 Å². The molecule has 0 aliphatic carbocycles. The predicted octanol–water partition coefficient (Wildman–Crippen LogP) is 1.05. The van der Waals surface area contributed by atoms with E-state index in [1.54, 1.807) is 6.07 Å². The van der Waals surface area contributed by atoms with Crippen LogP contribution in [0.4, 0.5) is 0 Å². The van der Waals surface area contributed by atoms with Gasteiger partial charge in [0, 0.05) is 11.5 Å². The summed E-state index contributed by atoms with van der Waals surface area (Å²) in [6.45, 7) is 1.98. The maximum atomic E-state index is 11.2. The lowest BCUT2D eigenvalue weighted by Gasteiger charge is -2.08. The molecule has 3 N–H and O–H groups in total. The zero-order valence-corrected chi connectivity index (χ0v) is 10.3. The molecule has 1 aromatic rings. The Labute approximate surface area is 104 Å². The third-order valence-corrected chi connectivity index (χ3v) is 3.65. The second kappa shape index (κ2) is 6.11. The van der Waals surface area contributed by atoms with Crippen molar-refractivity contribution in [3.63, 3.8) is 0 Å². The molecule has 2 rings (SSSR count). The molecule has 0 bridgehead atoms. The number of carbonyl (C=O) groups is 1. The normalized spacial score (nSPS) is 19.5. The van der Waals surface area contributed by atoms with Gasteiger partial charge in [-0.3, -0.25) is 10.2 Å². The minimum atomic E-state index is -0.264. The van der Waals surface area contributed by atoms with Gasteiger partial charge >= 0.3 is 0 Å². The Morgan fingerprint density at radius 2 is 2.53 bits per heavy atom. The van der Waals surface area contributed by atoms with Gasteiger partial charge in [-0.25, -0.2) is 5.84 Å². The maximum Gasteiger partial charge on any atom is 0.275 e. The molecule has 1 fully saturated rings. The van der Waals surface area contributed by atoms with Crippen molar-refractivity contribution in [2.24, 2.45) is 5.84 Å². The Bertz CT molecular complexity index is 375. The molecule has 94 valence electrons. The molecule has 1 atom stereocenters. The summed E-state index contributed by atoms with van der Waals surface area (Å²) in [6, 6.07) is 3.63. The molecule has 1 aromatic heterocycles. The van der Waals surface area contributed by atoms with E-state index >= 15 is 0 Å². The molecule has 0 spiro atoms. The number of nitrogen functional groups attached to an aromatic ring is 1. The molecule has 0 aromatic carbocycles. The molecule has 5 nitrogen and oxygen atoms in total. The zero-order valence-electron chi connectivity index (χ0n) is 9.48. The van der Waals surface area contributed by atoms with Gasteiger partial charge in [-0.15, -0.1) is 11.3 Å². The van der Waals surface area contributed by atoms with Crippen LogP contribution in [0.25, 0.3) is 0 Å². The van der Waals surface area contributed by atoms with Crippen LogP contribution in [0.2, 0.25) is 0 Å². The number of ether oxygens (including phenoxy) is 2. The van der Waals surface area contributed by atoms with Crippen LogP contribution in [0.1, 0.15) is 27.4 Å². The Balaban J connectivity index is 1.74. The van der Waals surface area contributed by atoms with Crippen LogP contribution in [0, 0.1) is 0 Å². The van der Waals surface area contributed by atoms with Crippen molar-refractivity contribution in [3.8, 4) is 0 Å². The van der Waals surface area contributed by atoms with Crippen molar-refractivity contribution < 1.29 is 14.3 Å². The minimum Gasteiger partial charge on any atom is -0.376 e. The second-order valence-corrected chi connectivity index (χ2v) is 5.06. The van der Waals surface area contributed by atoms with Crippen molar-refractivity contribution >= 4 is 17.2 Å². The summed E-state index contributed by atoms with van der Waals surface area (Å²) in [7, 11) is 0. The molecule has 0 radical (unpaired) electrons. The van der Waals surface area contributed by atoms with Crippen LogP contribution in [0.5, 0.6) is 0 Å². The Kier molecular flexibility index (Phi) is 4.49. The summed E-state index contributed by atoms with van der Waals surface area (Å²) in [5.41, 5.74) is 2.11. The fourth-order valence-corrected chi connectivity index (χ4v) is 2.56. The summed E-state index contributed by atoms with van der Waals surface area (Å²) in [5, 5.41) is 0. The van der Waals surface area contributed by atoms with E-state index < -0.39 is 0 Å². The summed E-state index contributed by atoms with van der Waals surface area (Å²) in [5.74, 6) is 4.79. The third kappa shape index (κ3) is 3.50. The smallest absolute Gasteiger partial charge is 0.275 e. The van der Waals surface area contributed by atoms with E-state index in [0.717, 1.165) is 24.3 Å². The van der Waals surface area contributed by atoms with Crippen molar-refractivity contribution in [2.75, 3.05) is 13.2 Å². The highest BCUT2D eigenvalue weighted by molar-refractivity contribution is 7.14. The van der Waals surface area contributed by atoms with Gasteiger partial charge in [0.1, 0.15) is 0 Å². The lowest BCUT2D eigenvalue weighted by molar-refractivity contribution is 0.0114. The third-order valence-electron chi connectivity index (χ3n) is 2.59. The van der Waals surface area contributed by atoms with Crippen molar-refractivity contribution in [1.82, 2.24) is 5.43 Å². The predicted molar refractivity (Wildman–Crippen MR) is 64.6 cm³/mol. The van der Waals surface area contributed by atoms with E-state index in [2.05, 4.69) is 5.43 Å². The van der Waals surface area contributed by atoms with Gasteiger partial charge in [0.05, 0.1) is 24.2 Å². The van der Waals surface area contributed by atoms with E-state index in [9.17, 15) is 4.79 Å². The largest absolute Gasteiger partial charge is 0.376 e. The van der Waals surface area contributed by atoms with Crippen LogP contribution in [0.3, 0.4) is 0 Å². The Hall–Kier alpha value is -0.950. The molecule has 2 heterocycles. The molecule has 1 aliphatic heterocycles. The first kappa shape index (κ1) is 12.5. The van der Waals surface area contributed by atoms with Crippen LogP contribution in [-0.4, -0.2) is 25.2 Å². The lowest BCUT2D eigenvalue weighted by atomic mass is 10.2. The topological polar surface area (TPSA) is 73.6 Å². The Morgan fingerprint density at radius 1 is 1.65 bits per heavy atom. The zero-order chi connectivity index (χ0) is 12.1. The van der Waals surface area contributed by atoms with Gasteiger partial charge in [0.15, 0.2) is 0 Å². The van der Waals surface area contributed by atoms with E-state index in [0.29, 0.717) is 18.1 Å². The van der Waals surface area contributed by atoms with Gasteiger partial charge in [0.25, 0.3) is 5.91 Å². The summed E-state index contributed by atoms with van der Waals surface area (Å²) >= 11 is 1.39. The molecule has 17 heavy (non-hydrogen) atoms. The maximum absolute atomic E-state index is 11.2. The summed E-state index contributed by atoms with van der Waals surface area (Å²) in [6.07, 6.45) is 2.43. The van der Waals surface area contributed by atoms with Gasteiger partial charge in [0.2, 0.25) is 0 Å². The minimum absolute atomic E-state index is 0.238. The first-order chi connectivity index (χ1) is 8.29. The second-order valence-electron chi connectivity index (χ2n) is 3.89. The van der Waals surface area contributed by atoms with Crippen molar-refractivity contribution in [3.05, 3.63) is 21.9 Å². The summed E-state index contributed by atoms with van der Waals surface area (Å²) < 4.78 is 11.0. The molecular weight excluding hydrogens is 240 g/mol.